The van der Waals surface area contributed by atoms with Gasteiger partial charge in [-0.25, -0.2) is 4.79 Å². The molecular formula is C26H29N3O5. The zero-order valence-electron chi connectivity index (χ0n) is 19.3. The average Bonchev–Trinajstić information content (AvgIpc) is 2.87. The first kappa shape index (κ1) is 21.3. The number of hydrogen-bond acceptors (Lipinski definition) is 6. The Hall–Kier alpha value is -3.26. The number of nitrogens with zero attached hydrogens (tertiary/aromatic N) is 2. The summed E-state index contributed by atoms with van der Waals surface area (Å²) in [5.74, 6) is 1.87. The summed E-state index contributed by atoms with van der Waals surface area (Å²) in [7, 11) is 1.76. The molecule has 8 nitrogen and oxygen atoms in total. The maximum Gasteiger partial charge on any atom is 0.407 e. The number of hydrogen-bond donors (Lipinski definition) is 1. The second kappa shape index (κ2) is 8.51. The van der Waals surface area contributed by atoms with Gasteiger partial charge in [0.15, 0.2) is 6.61 Å². The highest BCUT2D eigenvalue weighted by molar-refractivity contribution is 5.98. The van der Waals surface area contributed by atoms with Crippen molar-refractivity contribution >= 4 is 17.7 Å². The molecule has 5 aliphatic rings. The summed E-state index contributed by atoms with van der Waals surface area (Å²) in [5, 5.41) is 3.07. The molecule has 0 saturated carbocycles. The van der Waals surface area contributed by atoms with Crippen LogP contribution in [0, 0.1) is 5.92 Å². The molecule has 5 heterocycles. The molecule has 3 saturated heterocycles. The molecule has 1 N–H and O–H groups in total. The highest BCUT2D eigenvalue weighted by Gasteiger charge is 2.37. The lowest BCUT2D eigenvalue weighted by Gasteiger charge is -2.44. The van der Waals surface area contributed by atoms with E-state index >= 15 is 0 Å². The molecule has 0 spiro atoms. The number of likely N-dealkylation sites (N-methyl/N-ethyl adjacent to an activating group) is 1. The van der Waals surface area contributed by atoms with Gasteiger partial charge in [-0.2, -0.15) is 0 Å². The third-order valence-electron chi connectivity index (χ3n) is 7.58. The molecule has 2 amide bonds. The number of piperidine rings is 3. The molecule has 178 valence electrons. The van der Waals surface area contributed by atoms with Crippen molar-refractivity contribution in [2.75, 3.05) is 44.8 Å². The average molecular weight is 464 g/mol. The molecule has 8 heteroatoms. The van der Waals surface area contributed by atoms with Crippen LogP contribution in [0.1, 0.15) is 30.9 Å². The summed E-state index contributed by atoms with van der Waals surface area (Å²) in [6, 6.07) is 11.7. The van der Waals surface area contributed by atoms with Crippen molar-refractivity contribution in [2.24, 2.45) is 5.92 Å². The highest BCUT2D eigenvalue weighted by atomic mass is 16.6. The van der Waals surface area contributed by atoms with Crippen molar-refractivity contribution in [1.82, 2.24) is 10.2 Å². The van der Waals surface area contributed by atoms with Crippen LogP contribution in [0.25, 0.3) is 11.1 Å². The summed E-state index contributed by atoms with van der Waals surface area (Å²) in [6.45, 7) is 3.66. The molecule has 2 atom stereocenters. The zero-order valence-corrected chi connectivity index (χ0v) is 19.3. The fraction of sp³-hybridized carbons (Fsp3) is 0.462. The Kier molecular flexibility index (Phi) is 5.32. The van der Waals surface area contributed by atoms with Gasteiger partial charge in [-0.1, -0.05) is 18.2 Å². The molecule has 3 fully saturated rings. The van der Waals surface area contributed by atoms with Gasteiger partial charge < -0.3 is 24.4 Å². The fourth-order valence-corrected chi connectivity index (χ4v) is 5.53. The minimum atomic E-state index is -0.344. The van der Waals surface area contributed by atoms with Crippen LogP contribution in [0.4, 0.5) is 10.5 Å². The van der Waals surface area contributed by atoms with E-state index in [1.54, 1.807) is 11.9 Å². The second-order valence-corrected chi connectivity index (χ2v) is 9.59. The Balaban J connectivity index is 1.18. The van der Waals surface area contributed by atoms with Gasteiger partial charge >= 0.3 is 6.09 Å². The second-order valence-electron chi connectivity index (χ2n) is 9.59. The maximum absolute atomic E-state index is 12.7. The van der Waals surface area contributed by atoms with Crippen LogP contribution in [-0.2, 0) is 9.53 Å². The Morgan fingerprint density at radius 3 is 2.62 bits per heavy atom. The van der Waals surface area contributed by atoms with Gasteiger partial charge in [-0.05, 0) is 61.2 Å². The predicted molar refractivity (Wildman–Crippen MR) is 126 cm³/mol. The van der Waals surface area contributed by atoms with Crippen LogP contribution >= 0.6 is 0 Å². The van der Waals surface area contributed by atoms with Crippen LogP contribution in [0.3, 0.4) is 0 Å². The van der Waals surface area contributed by atoms with Crippen LogP contribution in [0.15, 0.2) is 36.4 Å². The number of carbonyl (C=O) groups excluding carboxylic acids is 2. The fourth-order valence-electron chi connectivity index (χ4n) is 5.53. The van der Waals surface area contributed by atoms with Crippen molar-refractivity contribution in [3.8, 4) is 22.6 Å². The first-order valence-electron chi connectivity index (χ1n) is 12.1. The molecule has 7 rings (SSSR count). The number of amides is 2. The highest BCUT2D eigenvalue weighted by Crippen LogP contribution is 2.39. The van der Waals surface area contributed by atoms with Crippen LogP contribution < -0.4 is 19.7 Å². The van der Waals surface area contributed by atoms with E-state index in [1.165, 1.54) is 0 Å². The Morgan fingerprint density at radius 1 is 1.03 bits per heavy atom. The summed E-state index contributed by atoms with van der Waals surface area (Å²) < 4.78 is 17.3. The Labute approximate surface area is 198 Å². The molecule has 2 bridgehead atoms. The van der Waals surface area contributed by atoms with Gasteiger partial charge in [-0.15, -0.1) is 0 Å². The molecule has 2 aromatic carbocycles. The van der Waals surface area contributed by atoms with E-state index in [2.05, 4.69) is 10.2 Å². The first-order valence-corrected chi connectivity index (χ1v) is 12.1. The first-order chi connectivity index (χ1) is 16.5. The lowest BCUT2D eigenvalue weighted by Crippen LogP contribution is -2.52. The zero-order chi connectivity index (χ0) is 23.2. The third-order valence-corrected chi connectivity index (χ3v) is 7.58. The molecule has 0 radical (unpaired) electrons. The van der Waals surface area contributed by atoms with Gasteiger partial charge in [0.2, 0.25) is 0 Å². The lowest BCUT2D eigenvalue weighted by molar-refractivity contribution is -0.120. The van der Waals surface area contributed by atoms with Gasteiger partial charge in [0.05, 0.1) is 18.3 Å². The SMILES string of the molecule is CN1C(=O)COc2ccc(-c3ccc4c(c3)OCCC4NC(=O)O[C@H]3CN4CCC3CC4)cc21. The minimum Gasteiger partial charge on any atom is -0.493 e. The largest absolute Gasteiger partial charge is 0.493 e. The molecular weight excluding hydrogens is 434 g/mol. The number of rotatable bonds is 3. The van der Waals surface area contributed by atoms with Crippen molar-refractivity contribution in [1.29, 1.82) is 0 Å². The number of anilines is 1. The summed E-state index contributed by atoms with van der Waals surface area (Å²) in [4.78, 5) is 28.7. The standard InChI is InChI=1S/C26H29N3O5/c1-28-21-12-17(3-5-22(21)33-15-25(28)30)18-2-4-19-20(8-11-32-23(19)13-18)27-26(31)34-24-14-29-9-6-16(24)7-10-29/h2-5,12-13,16,20,24H,6-11,14-15H2,1H3,(H,27,31)/t20?,24-/m0/s1. The normalized spacial score (nSPS) is 27.2. The van der Waals surface area contributed by atoms with Crippen molar-refractivity contribution in [3.63, 3.8) is 0 Å². The lowest BCUT2D eigenvalue weighted by atomic mass is 9.86. The van der Waals surface area contributed by atoms with Crippen molar-refractivity contribution in [2.45, 2.75) is 31.4 Å². The predicted octanol–water partition coefficient (Wildman–Crippen LogP) is 3.35. The number of nitrogens with one attached hydrogen (secondary N) is 1. The van der Waals surface area contributed by atoms with E-state index in [4.69, 9.17) is 14.2 Å². The smallest absolute Gasteiger partial charge is 0.407 e. The number of benzene rings is 2. The minimum absolute atomic E-state index is 0.0119. The monoisotopic (exact) mass is 463 g/mol. The molecule has 1 unspecified atom stereocenters. The number of carbonyl (C=O) groups is 2. The van der Waals surface area contributed by atoms with E-state index in [9.17, 15) is 9.59 Å². The molecule has 34 heavy (non-hydrogen) atoms. The quantitative estimate of drug-likeness (QED) is 0.752. The van der Waals surface area contributed by atoms with Gasteiger partial charge in [0, 0.05) is 25.6 Å². The van der Waals surface area contributed by atoms with E-state index in [0.717, 1.165) is 60.6 Å². The van der Waals surface area contributed by atoms with Crippen molar-refractivity contribution < 1.29 is 23.8 Å². The maximum atomic E-state index is 12.7. The van der Waals surface area contributed by atoms with Gasteiger partial charge in [0.1, 0.15) is 17.6 Å². The molecule has 5 aliphatic heterocycles. The van der Waals surface area contributed by atoms with E-state index < -0.39 is 0 Å². The number of fused-ring (bicyclic) bond motifs is 5. The molecule has 2 aromatic rings. The summed E-state index contributed by atoms with van der Waals surface area (Å²) in [5.41, 5.74) is 3.65. The Bertz CT molecular complexity index is 1130. The van der Waals surface area contributed by atoms with E-state index in [1.807, 2.05) is 36.4 Å². The van der Waals surface area contributed by atoms with Crippen LogP contribution in [0.2, 0.25) is 0 Å². The van der Waals surface area contributed by atoms with Crippen molar-refractivity contribution in [3.05, 3.63) is 42.0 Å². The van der Waals surface area contributed by atoms with E-state index in [-0.39, 0.29) is 30.8 Å². The van der Waals surface area contributed by atoms with Crippen LogP contribution in [-0.4, -0.2) is 62.9 Å². The van der Waals surface area contributed by atoms with E-state index in [0.29, 0.717) is 24.7 Å². The topological polar surface area (TPSA) is 80.3 Å². The Morgan fingerprint density at radius 2 is 1.82 bits per heavy atom. The summed E-state index contributed by atoms with van der Waals surface area (Å²) in [6.07, 6.45) is 2.56. The number of ether oxygens (including phenoxy) is 3. The van der Waals surface area contributed by atoms with Crippen LogP contribution in [0.5, 0.6) is 11.5 Å². The molecule has 0 aliphatic carbocycles. The summed E-state index contributed by atoms with van der Waals surface area (Å²) >= 11 is 0. The van der Waals surface area contributed by atoms with Gasteiger partial charge in [-0.3, -0.25) is 9.69 Å². The van der Waals surface area contributed by atoms with Gasteiger partial charge in [0.25, 0.3) is 5.91 Å². The third kappa shape index (κ3) is 3.86. The molecule has 0 aromatic heterocycles. The number of alkyl carbamates (subject to hydrolysis) is 1.